The summed E-state index contributed by atoms with van der Waals surface area (Å²) in [6.07, 6.45) is -0.145. The molecule has 2 unspecified atom stereocenters. The lowest BCUT2D eigenvalue weighted by molar-refractivity contribution is -0.342. The quantitative estimate of drug-likeness (QED) is 0.527. The summed E-state index contributed by atoms with van der Waals surface area (Å²) in [5.74, 6) is -1.14. The van der Waals surface area contributed by atoms with Gasteiger partial charge in [0.05, 0.1) is 12.8 Å². The molecule has 1 fully saturated rings. The van der Waals surface area contributed by atoms with Gasteiger partial charge < -0.3 is 10.2 Å². The molecule has 0 saturated carbocycles. The van der Waals surface area contributed by atoms with E-state index in [1.165, 1.54) is 24.1 Å². The molecule has 2 atom stereocenters. The Kier molecular flexibility index (Phi) is 8.54. The van der Waals surface area contributed by atoms with Crippen LogP contribution in [0.15, 0.2) is 48.2 Å². The van der Waals surface area contributed by atoms with Gasteiger partial charge in [0.15, 0.2) is 5.06 Å². The molecule has 0 radical (unpaired) electrons. The number of amides is 2. The molecule has 36 heavy (non-hydrogen) atoms. The van der Waals surface area contributed by atoms with E-state index in [9.17, 15) is 31.2 Å². The topological polar surface area (TPSA) is 96.0 Å². The fourth-order valence-electron chi connectivity index (χ4n) is 4.14. The van der Waals surface area contributed by atoms with Gasteiger partial charge in [0.25, 0.3) is 0 Å². The standard InChI is InChI=1S/C23H27ClF3N3O5S/c1-29(36(2,33)34)15-20(31)30-13-7-6-10-19(30)21(32)28-17-11-12-18(16-8-4-3-5-9-16)22(24,14-17)35-23(25,26)27/h3-5,8-9,11-12,19H,6-7,10,13-15H2,1-2H3,(H,28,32). The van der Waals surface area contributed by atoms with Crippen LogP contribution in [-0.2, 0) is 24.3 Å². The van der Waals surface area contributed by atoms with Gasteiger partial charge in [-0.05, 0) is 30.9 Å². The summed E-state index contributed by atoms with van der Waals surface area (Å²) in [5, 5.41) is 0.268. The smallest absolute Gasteiger partial charge is 0.330 e. The van der Waals surface area contributed by atoms with Gasteiger partial charge in [-0.25, -0.2) is 8.42 Å². The molecule has 1 saturated heterocycles. The normalized spacial score (nSPS) is 23.2. The summed E-state index contributed by atoms with van der Waals surface area (Å²) < 4.78 is 68.3. The van der Waals surface area contributed by atoms with Crippen LogP contribution in [0.3, 0.4) is 0 Å². The molecule has 1 aromatic rings. The van der Waals surface area contributed by atoms with Gasteiger partial charge in [0, 0.05) is 31.3 Å². The third-order valence-corrected chi connectivity index (χ3v) is 7.64. The van der Waals surface area contributed by atoms with Gasteiger partial charge >= 0.3 is 6.36 Å². The molecule has 1 aromatic carbocycles. The van der Waals surface area contributed by atoms with Crippen molar-refractivity contribution in [3.63, 3.8) is 0 Å². The average molecular weight is 550 g/mol. The highest BCUT2D eigenvalue weighted by Gasteiger charge is 2.47. The van der Waals surface area contributed by atoms with Gasteiger partial charge in [-0.3, -0.25) is 14.3 Å². The van der Waals surface area contributed by atoms with E-state index in [-0.39, 0.29) is 17.8 Å². The van der Waals surface area contributed by atoms with Gasteiger partial charge in [-0.1, -0.05) is 48.0 Å². The maximum absolute atomic E-state index is 13.3. The predicted octanol–water partition coefficient (Wildman–Crippen LogP) is 3.22. The molecule has 1 N–H and O–H groups in total. The van der Waals surface area contributed by atoms with Crippen molar-refractivity contribution in [2.24, 2.45) is 0 Å². The second-order valence-corrected chi connectivity index (χ2v) is 11.4. The SMILES string of the molecule is CN(CC(=O)N1CCCCC1C(=O)NC1=CC=C(c2ccccc2)C(Cl)(OC(F)(F)F)C1)S(C)(=O)=O. The van der Waals surface area contributed by atoms with Crippen LogP contribution in [0.1, 0.15) is 31.2 Å². The summed E-state index contributed by atoms with van der Waals surface area (Å²) in [4.78, 5) is 27.2. The molecule has 2 amide bonds. The Morgan fingerprint density at radius 2 is 1.89 bits per heavy atom. The summed E-state index contributed by atoms with van der Waals surface area (Å²) in [6, 6.07) is 7.29. The molecule has 1 aliphatic carbocycles. The molecule has 1 heterocycles. The number of nitrogens with zero attached hydrogens (tertiary/aromatic N) is 2. The number of carbonyl (C=O) groups is 2. The number of hydrogen-bond donors (Lipinski definition) is 1. The molecular weight excluding hydrogens is 523 g/mol. The zero-order chi connectivity index (χ0) is 26.7. The Hall–Kier alpha value is -2.41. The molecule has 8 nitrogen and oxygen atoms in total. The Balaban J connectivity index is 1.81. The number of benzene rings is 1. The van der Waals surface area contributed by atoms with Crippen molar-refractivity contribution < 1.29 is 35.9 Å². The minimum absolute atomic E-state index is 0.0818. The van der Waals surface area contributed by atoms with E-state index in [1.807, 2.05) is 0 Å². The maximum Gasteiger partial charge on any atom is 0.524 e. The van der Waals surface area contributed by atoms with Crippen LogP contribution in [0.25, 0.3) is 5.57 Å². The highest BCUT2D eigenvalue weighted by Crippen LogP contribution is 2.45. The van der Waals surface area contributed by atoms with Gasteiger partial charge in [-0.15, -0.1) is 13.2 Å². The van der Waals surface area contributed by atoms with Crippen molar-refractivity contribution in [1.82, 2.24) is 14.5 Å². The molecular formula is C23H27ClF3N3O5S. The Morgan fingerprint density at radius 1 is 1.22 bits per heavy atom. The molecule has 0 aromatic heterocycles. The zero-order valence-electron chi connectivity index (χ0n) is 19.7. The lowest BCUT2D eigenvalue weighted by Gasteiger charge is -2.37. The zero-order valence-corrected chi connectivity index (χ0v) is 21.3. The van der Waals surface area contributed by atoms with Crippen LogP contribution < -0.4 is 5.32 Å². The maximum atomic E-state index is 13.3. The molecule has 13 heteroatoms. The van der Waals surface area contributed by atoms with E-state index in [0.29, 0.717) is 24.8 Å². The number of piperidine rings is 1. The van der Waals surface area contributed by atoms with Gasteiger partial charge in [0.2, 0.25) is 21.8 Å². The molecule has 1 aliphatic heterocycles. The minimum atomic E-state index is -5.04. The van der Waals surface area contributed by atoms with Crippen LogP contribution in [0.2, 0.25) is 0 Å². The fourth-order valence-corrected chi connectivity index (χ4v) is 4.89. The first-order chi connectivity index (χ1) is 16.7. The number of sulfonamides is 1. The summed E-state index contributed by atoms with van der Waals surface area (Å²) >= 11 is 6.37. The largest absolute Gasteiger partial charge is 0.524 e. The monoisotopic (exact) mass is 549 g/mol. The number of halogens is 4. The third-order valence-electron chi connectivity index (χ3n) is 5.97. The first kappa shape index (κ1) is 28.2. The average Bonchev–Trinajstić information content (AvgIpc) is 2.77. The van der Waals surface area contributed by atoms with E-state index in [0.717, 1.165) is 10.6 Å². The predicted molar refractivity (Wildman–Crippen MR) is 128 cm³/mol. The van der Waals surface area contributed by atoms with Crippen LogP contribution in [-0.4, -0.2) is 73.3 Å². The molecule has 0 spiro atoms. The first-order valence-electron chi connectivity index (χ1n) is 11.1. The molecule has 0 bridgehead atoms. The number of carbonyl (C=O) groups excluding carboxylic acids is 2. The van der Waals surface area contributed by atoms with Crippen molar-refractivity contribution in [1.29, 1.82) is 0 Å². The first-order valence-corrected chi connectivity index (χ1v) is 13.4. The van der Waals surface area contributed by atoms with Crippen molar-refractivity contribution in [2.75, 3.05) is 26.4 Å². The second-order valence-electron chi connectivity index (χ2n) is 8.70. The van der Waals surface area contributed by atoms with Gasteiger partial charge in [0.1, 0.15) is 6.04 Å². The number of likely N-dealkylation sites (tertiary alicyclic amines) is 1. The summed E-state index contributed by atoms with van der Waals surface area (Å²) in [6.45, 7) is -0.180. The Bertz CT molecular complexity index is 1160. The van der Waals surface area contributed by atoms with E-state index in [4.69, 9.17) is 11.6 Å². The van der Waals surface area contributed by atoms with Crippen LogP contribution in [0.4, 0.5) is 13.2 Å². The summed E-state index contributed by atoms with van der Waals surface area (Å²) in [5.41, 5.74) is 0.598. The number of rotatable bonds is 7. The van der Waals surface area contributed by atoms with Crippen molar-refractivity contribution in [3.8, 4) is 0 Å². The third kappa shape index (κ3) is 7.09. The fraction of sp³-hybridized carbons (Fsp3) is 0.478. The Labute approximate surface area is 212 Å². The van der Waals surface area contributed by atoms with Crippen LogP contribution in [0.5, 0.6) is 0 Å². The Morgan fingerprint density at radius 3 is 2.50 bits per heavy atom. The molecule has 2 aliphatic rings. The number of likely N-dealkylation sites (N-methyl/N-ethyl adjacent to an activating group) is 1. The van der Waals surface area contributed by atoms with Crippen molar-refractivity contribution >= 4 is 39.0 Å². The van der Waals surface area contributed by atoms with E-state index in [2.05, 4.69) is 10.1 Å². The van der Waals surface area contributed by atoms with Crippen LogP contribution >= 0.6 is 11.6 Å². The number of alkyl halides is 4. The van der Waals surface area contributed by atoms with E-state index >= 15 is 0 Å². The summed E-state index contributed by atoms with van der Waals surface area (Å²) in [7, 11) is -2.34. The highest BCUT2D eigenvalue weighted by atomic mass is 35.5. The number of ether oxygens (including phenoxy) is 1. The number of allylic oxidation sites excluding steroid dienone is 2. The van der Waals surface area contributed by atoms with Crippen molar-refractivity contribution in [3.05, 3.63) is 53.7 Å². The van der Waals surface area contributed by atoms with E-state index in [1.54, 1.807) is 30.3 Å². The molecule has 3 rings (SSSR count). The van der Waals surface area contributed by atoms with Crippen LogP contribution in [0, 0.1) is 0 Å². The lowest BCUT2D eigenvalue weighted by atomic mass is 9.92. The number of nitrogens with one attached hydrogen (secondary N) is 1. The number of hydrogen-bond acceptors (Lipinski definition) is 5. The minimum Gasteiger partial charge on any atom is -0.330 e. The lowest BCUT2D eigenvalue weighted by Crippen LogP contribution is -2.54. The van der Waals surface area contributed by atoms with Crippen molar-refractivity contribution in [2.45, 2.75) is 43.1 Å². The highest BCUT2D eigenvalue weighted by molar-refractivity contribution is 7.88. The van der Waals surface area contributed by atoms with Gasteiger partial charge in [-0.2, -0.15) is 4.31 Å². The second kappa shape index (κ2) is 10.9. The molecule has 198 valence electrons. The van der Waals surface area contributed by atoms with E-state index < -0.39 is 52.3 Å².